The zero-order valence-corrected chi connectivity index (χ0v) is 18.2. The van der Waals surface area contributed by atoms with Crippen molar-refractivity contribution in [3.63, 3.8) is 0 Å². The highest BCUT2D eigenvalue weighted by atomic mass is 19.2. The lowest BCUT2D eigenvalue weighted by Crippen LogP contribution is -2.25. The quantitative estimate of drug-likeness (QED) is 0.522. The highest BCUT2D eigenvalue weighted by molar-refractivity contribution is 6.07. The average Bonchev–Trinajstić information content (AvgIpc) is 3.08. The summed E-state index contributed by atoms with van der Waals surface area (Å²) in [6, 6.07) is 3.45. The van der Waals surface area contributed by atoms with Gasteiger partial charge in [-0.1, -0.05) is 26.0 Å². The maximum atomic E-state index is 13.5. The summed E-state index contributed by atoms with van der Waals surface area (Å²) in [4.78, 5) is 35.9. The SMILES string of the molecule is CC=CC=NCCn1c(C(C)C)c(C(=O)NCc2ccc(F)c(F)c2)c2[nH]c(=O)ncc21. The van der Waals surface area contributed by atoms with Crippen molar-refractivity contribution in [2.24, 2.45) is 4.99 Å². The number of carbonyl (C=O) groups is 1. The van der Waals surface area contributed by atoms with E-state index in [4.69, 9.17) is 0 Å². The Bertz CT molecular complexity index is 1240. The van der Waals surface area contributed by atoms with Crippen LogP contribution in [0.3, 0.4) is 0 Å². The van der Waals surface area contributed by atoms with Crippen LogP contribution in [-0.2, 0) is 13.1 Å². The number of hydrogen-bond donors (Lipinski definition) is 2. The molecular formula is C23H25F2N5O2. The second kappa shape index (κ2) is 10.1. The fourth-order valence-electron chi connectivity index (χ4n) is 3.55. The van der Waals surface area contributed by atoms with Gasteiger partial charge in [0.25, 0.3) is 5.91 Å². The molecule has 0 saturated heterocycles. The first-order valence-corrected chi connectivity index (χ1v) is 10.3. The Morgan fingerprint density at radius 1 is 1.31 bits per heavy atom. The number of nitrogens with zero attached hydrogens (tertiary/aromatic N) is 3. The summed E-state index contributed by atoms with van der Waals surface area (Å²) in [5, 5.41) is 2.74. The van der Waals surface area contributed by atoms with Gasteiger partial charge in [-0.05, 0) is 36.6 Å². The molecule has 2 heterocycles. The van der Waals surface area contributed by atoms with Gasteiger partial charge in [-0.3, -0.25) is 9.79 Å². The fourth-order valence-corrected chi connectivity index (χ4v) is 3.55. The van der Waals surface area contributed by atoms with Crippen molar-refractivity contribution < 1.29 is 13.6 Å². The lowest BCUT2D eigenvalue weighted by Gasteiger charge is -2.14. The monoisotopic (exact) mass is 441 g/mol. The molecule has 0 aliphatic carbocycles. The molecule has 0 aliphatic rings. The summed E-state index contributed by atoms with van der Waals surface area (Å²) in [7, 11) is 0. The first-order valence-electron chi connectivity index (χ1n) is 10.3. The Morgan fingerprint density at radius 2 is 2.09 bits per heavy atom. The van der Waals surface area contributed by atoms with Gasteiger partial charge in [0.1, 0.15) is 0 Å². The number of aromatic amines is 1. The number of allylic oxidation sites excluding steroid dienone is 2. The number of carbonyl (C=O) groups excluding carboxylic acids is 1. The minimum Gasteiger partial charge on any atom is -0.348 e. The fraction of sp³-hybridized carbons (Fsp3) is 0.304. The third-order valence-corrected chi connectivity index (χ3v) is 4.93. The first-order chi connectivity index (χ1) is 15.3. The second-order valence-electron chi connectivity index (χ2n) is 7.53. The highest BCUT2D eigenvalue weighted by Crippen LogP contribution is 2.29. The van der Waals surface area contributed by atoms with Gasteiger partial charge in [-0.25, -0.2) is 13.6 Å². The van der Waals surface area contributed by atoms with Crippen molar-refractivity contribution in [2.75, 3.05) is 6.54 Å². The van der Waals surface area contributed by atoms with Gasteiger partial charge in [-0.15, -0.1) is 0 Å². The van der Waals surface area contributed by atoms with E-state index in [-0.39, 0.29) is 12.5 Å². The van der Waals surface area contributed by atoms with Crippen molar-refractivity contribution in [1.29, 1.82) is 0 Å². The summed E-state index contributed by atoms with van der Waals surface area (Å²) in [6.45, 7) is 6.76. The molecule has 0 radical (unpaired) electrons. The van der Waals surface area contributed by atoms with Crippen LogP contribution in [0, 0.1) is 11.6 Å². The van der Waals surface area contributed by atoms with E-state index in [0.29, 0.717) is 35.2 Å². The van der Waals surface area contributed by atoms with Crippen molar-refractivity contribution in [3.8, 4) is 0 Å². The molecule has 0 atom stereocenters. The van der Waals surface area contributed by atoms with Crippen LogP contribution in [0.5, 0.6) is 0 Å². The molecule has 2 aromatic heterocycles. The van der Waals surface area contributed by atoms with Crippen molar-refractivity contribution in [3.05, 3.63) is 75.5 Å². The predicted octanol–water partition coefficient (Wildman–Crippen LogP) is 3.70. The molecule has 32 heavy (non-hydrogen) atoms. The first kappa shape index (κ1) is 23.1. The van der Waals surface area contributed by atoms with E-state index < -0.39 is 23.2 Å². The van der Waals surface area contributed by atoms with Gasteiger partial charge in [0, 0.05) is 25.0 Å². The van der Waals surface area contributed by atoms with E-state index >= 15 is 0 Å². The van der Waals surface area contributed by atoms with Crippen LogP contribution < -0.4 is 11.0 Å². The molecule has 3 aromatic rings. The van der Waals surface area contributed by atoms with E-state index in [0.717, 1.165) is 17.8 Å². The zero-order chi connectivity index (χ0) is 23.3. The van der Waals surface area contributed by atoms with Crippen molar-refractivity contribution in [2.45, 2.75) is 39.8 Å². The number of hydrogen-bond acceptors (Lipinski definition) is 4. The number of amides is 1. The number of fused-ring (bicyclic) bond motifs is 1. The van der Waals surface area contributed by atoms with Gasteiger partial charge in [-0.2, -0.15) is 4.98 Å². The van der Waals surface area contributed by atoms with E-state index in [1.165, 1.54) is 12.3 Å². The van der Waals surface area contributed by atoms with Crippen molar-refractivity contribution in [1.82, 2.24) is 19.9 Å². The molecule has 168 valence electrons. The Labute approximate surface area is 183 Å². The minimum absolute atomic E-state index is 0.00318. The predicted molar refractivity (Wildman–Crippen MR) is 120 cm³/mol. The number of aliphatic imine (C=N–C) groups is 1. The third kappa shape index (κ3) is 4.99. The summed E-state index contributed by atoms with van der Waals surface area (Å²) < 4.78 is 28.6. The molecule has 0 aliphatic heterocycles. The molecule has 9 heteroatoms. The van der Waals surface area contributed by atoms with Gasteiger partial charge >= 0.3 is 5.69 Å². The van der Waals surface area contributed by atoms with Crippen molar-refractivity contribution >= 4 is 23.2 Å². The molecule has 0 bridgehead atoms. The maximum absolute atomic E-state index is 13.5. The lowest BCUT2D eigenvalue weighted by atomic mass is 10.0. The summed E-state index contributed by atoms with van der Waals surface area (Å²) in [6.07, 6.45) is 6.85. The number of nitrogens with one attached hydrogen (secondary N) is 2. The number of rotatable bonds is 8. The molecule has 0 fully saturated rings. The number of benzene rings is 1. The number of halogens is 2. The Kier molecular flexibility index (Phi) is 7.29. The topological polar surface area (TPSA) is 92.1 Å². The maximum Gasteiger partial charge on any atom is 0.345 e. The second-order valence-corrected chi connectivity index (χ2v) is 7.53. The Morgan fingerprint density at radius 3 is 2.78 bits per heavy atom. The smallest absolute Gasteiger partial charge is 0.345 e. The van der Waals surface area contributed by atoms with E-state index in [1.54, 1.807) is 6.21 Å². The van der Waals surface area contributed by atoms with Crippen LogP contribution in [-0.4, -0.2) is 33.2 Å². The molecular weight excluding hydrogens is 416 g/mol. The van der Waals surface area contributed by atoms with Crippen LogP contribution >= 0.6 is 0 Å². The Balaban J connectivity index is 1.99. The molecule has 7 nitrogen and oxygen atoms in total. The van der Waals surface area contributed by atoms with Gasteiger partial charge < -0.3 is 14.9 Å². The van der Waals surface area contributed by atoms with Gasteiger partial charge in [0.15, 0.2) is 11.6 Å². The number of H-pyrrole nitrogens is 1. The largest absolute Gasteiger partial charge is 0.348 e. The zero-order valence-electron chi connectivity index (χ0n) is 18.2. The minimum atomic E-state index is -0.981. The summed E-state index contributed by atoms with van der Waals surface area (Å²) in [5.41, 5.74) is 1.91. The number of aromatic nitrogens is 3. The van der Waals surface area contributed by atoms with E-state index in [1.807, 2.05) is 37.5 Å². The third-order valence-electron chi connectivity index (χ3n) is 4.93. The van der Waals surface area contributed by atoms with Gasteiger partial charge in [0.05, 0.1) is 29.3 Å². The van der Waals surface area contributed by atoms with Crippen LogP contribution in [0.15, 0.2) is 46.3 Å². The highest BCUT2D eigenvalue weighted by Gasteiger charge is 2.25. The standard InChI is InChI=1S/C23H25F2N5O2/c1-4-5-8-26-9-10-30-18-13-28-23(32)29-20(18)19(21(30)14(2)3)22(31)27-12-15-6-7-16(24)17(25)11-15/h4-8,11,13-14H,9-10,12H2,1-3H3,(H,27,31)(H,28,29,32). The normalized spacial score (nSPS) is 11.9. The van der Waals surface area contributed by atoms with Gasteiger partial charge in [0.2, 0.25) is 0 Å². The summed E-state index contributed by atoms with van der Waals surface area (Å²) >= 11 is 0. The summed E-state index contributed by atoms with van der Waals surface area (Å²) in [5.74, 6) is -2.41. The molecule has 0 saturated carbocycles. The van der Waals surface area contributed by atoms with Crippen LogP contribution in [0.4, 0.5) is 8.78 Å². The van der Waals surface area contributed by atoms with E-state index in [9.17, 15) is 18.4 Å². The Hall–Kier alpha value is -3.62. The van der Waals surface area contributed by atoms with Crippen LogP contribution in [0.1, 0.15) is 48.3 Å². The lowest BCUT2D eigenvalue weighted by molar-refractivity contribution is 0.0950. The molecule has 2 N–H and O–H groups in total. The molecule has 1 aromatic carbocycles. The average molecular weight is 441 g/mol. The van der Waals surface area contributed by atoms with E-state index in [2.05, 4.69) is 20.3 Å². The van der Waals surface area contributed by atoms with Crippen LogP contribution in [0.25, 0.3) is 11.0 Å². The van der Waals surface area contributed by atoms with Crippen LogP contribution in [0.2, 0.25) is 0 Å². The molecule has 3 rings (SSSR count). The molecule has 0 unspecified atom stereocenters. The molecule has 1 amide bonds. The molecule has 0 spiro atoms.